The molecule has 180 valence electrons. The van der Waals surface area contributed by atoms with Crippen LogP contribution in [0.3, 0.4) is 0 Å². The molecule has 4 rings (SSSR count). The molecular formula is C25H19F3N2O5. The Kier molecular flexibility index (Phi) is 6.46. The third-order valence-corrected chi connectivity index (χ3v) is 5.57. The minimum Gasteiger partial charge on any atom is -0.478 e. The van der Waals surface area contributed by atoms with Crippen molar-refractivity contribution in [3.63, 3.8) is 0 Å². The van der Waals surface area contributed by atoms with Crippen LogP contribution in [-0.2, 0) is 9.53 Å². The minimum absolute atomic E-state index is 0.168. The van der Waals surface area contributed by atoms with Crippen LogP contribution in [0.4, 0.5) is 23.7 Å². The van der Waals surface area contributed by atoms with E-state index in [2.05, 4.69) is 0 Å². The first-order chi connectivity index (χ1) is 16.6. The van der Waals surface area contributed by atoms with Gasteiger partial charge in [0.1, 0.15) is 6.61 Å². The van der Waals surface area contributed by atoms with Gasteiger partial charge in [0.05, 0.1) is 5.56 Å². The summed E-state index contributed by atoms with van der Waals surface area (Å²) in [5, 5.41) is 12.6. The highest BCUT2D eigenvalue weighted by atomic mass is 19.4. The summed E-state index contributed by atoms with van der Waals surface area (Å²) in [5.41, 5.74) is 3.27. The summed E-state index contributed by atoms with van der Waals surface area (Å²) in [4.78, 5) is 35.7. The van der Waals surface area contributed by atoms with Crippen molar-refractivity contribution in [1.82, 2.24) is 5.32 Å². The molecule has 0 heterocycles. The van der Waals surface area contributed by atoms with E-state index >= 15 is 0 Å². The number of carboxylic acids is 1. The lowest BCUT2D eigenvalue weighted by Gasteiger charge is -2.21. The maximum atomic E-state index is 13.6. The Hall–Kier alpha value is -4.34. The fourth-order valence-electron chi connectivity index (χ4n) is 4.00. The summed E-state index contributed by atoms with van der Waals surface area (Å²) in [6, 6.07) is 16.7. The van der Waals surface area contributed by atoms with E-state index in [0.29, 0.717) is 0 Å². The number of ether oxygens (including phenoxy) is 1. The molecule has 0 saturated heterocycles. The topological polar surface area (TPSA) is 105 Å². The molecule has 0 spiro atoms. The second-order valence-electron chi connectivity index (χ2n) is 7.82. The van der Waals surface area contributed by atoms with Crippen molar-refractivity contribution in [2.24, 2.45) is 0 Å². The number of hydrogen-bond donors (Lipinski definition) is 3. The summed E-state index contributed by atoms with van der Waals surface area (Å²) >= 11 is 0. The summed E-state index contributed by atoms with van der Waals surface area (Å²) < 4.78 is 45.8. The van der Waals surface area contributed by atoms with E-state index in [9.17, 15) is 27.6 Å². The molecule has 0 saturated carbocycles. The largest absolute Gasteiger partial charge is 0.478 e. The van der Waals surface area contributed by atoms with Crippen molar-refractivity contribution in [2.75, 3.05) is 11.9 Å². The van der Waals surface area contributed by atoms with Gasteiger partial charge in [0.2, 0.25) is 6.04 Å². The van der Waals surface area contributed by atoms with Gasteiger partial charge in [0.15, 0.2) is 0 Å². The smallest absolute Gasteiger partial charge is 0.417 e. The standard InChI is InChI=1S/C25H19F3N2O5/c26-25(27,28)21(22(31)29-15-7-5-6-14(12-15)23(32)33)30-24(34)35-13-20-18-10-3-1-8-16(18)17-9-2-4-11-19(17)20/h1-12,20-21H,13H2,(H,29,31)(H,30,34)(H,32,33). The molecule has 0 aliphatic heterocycles. The summed E-state index contributed by atoms with van der Waals surface area (Å²) in [6.45, 7) is -0.229. The highest BCUT2D eigenvalue weighted by Crippen LogP contribution is 2.44. The van der Waals surface area contributed by atoms with E-state index < -0.39 is 30.2 Å². The molecule has 2 amide bonds. The number of nitrogens with one attached hydrogen (secondary N) is 2. The highest BCUT2D eigenvalue weighted by Gasteiger charge is 2.46. The molecule has 0 fully saturated rings. The van der Waals surface area contributed by atoms with Gasteiger partial charge in [-0.05, 0) is 40.5 Å². The van der Waals surface area contributed by atoms with E-state index in [1.165, 1.54) is 18.2 Å². The van der Waals surface area contributed by atoms with Crippen LogP contribution in [0, 0.1) is 0 Å². The quantitative estimate of drug-likeness (QED) is 0.467. The average Bonchev–Trinajstić information content (AvgIpc) is 3.14. The van der Waals surface area contributed by atoms with E-state index in [4.69, 9.17) is 9.84 Å². The van der Waals surface area contributed by atoms with Crippen LogP contribution in [0.15, 0.2) is 72.8 Å². The first-order valence-electron chi connectivity index (χ1n) is 10.5. The van der Waals surface area contributed by atoms with Gasteiger partial charge in [-0.25, -0.2) is 9.59 Å². The number of benzene rings is 3. The first-order valence-corrected chi connectivity index (χ1v) is 10.5. The minimum atomic E-state index is -5.12. The van der Waals surface area contributed by atoms with E-state index in [-0.39, 0.29) is 23.8 Å². The van der Waals surface area contributed by atoms with Crippen LogP contribution < -0.4 is 10.6 Å². The average molecular weight is 484 g/mol. The van der Waals surface area contributed by atoms with Crippen molar-refractivity contribution < 1.29 is 37.4 Å². The SMILES string of the molecule is O=C(NC(C(=O)Nc1cccc(C(=O)O)c1)C(F)(F)F)OCC1c2ccccc2-c2ccccc21. The predicted molar refractivity (Wildman–Crippen MR) is 120 cm³/mol. The Morgan fingerprint density at radius 2 is 1.51 bits per heavy atom. The molecule has 3 aromatic carbocycles. The van der Waals surface area contributed by atoms with Crippen LogP contribution in [-0.4, -0.2) is 41.9 Å². The number of fused-ring (bicyclic) bond motifs is 3. The zero-order valence-corrected chi connectivity index (χ0v) is 18.0. The maximum Gasteiger partial charge on any atom is 0.417 e. The lowest BCUT2D eigenvalue weighted by molar-refractivity contribution is -0.164. The van der Waals surface area contributed by atoms with Gasteiger partial charge in [-0.15, -0.1) is 0 Å². The fraction of sp³-hybridized carbons (Fsp3) is 0.160. The van der Waals surface area contributed by atoms with Crippen LogP contribution in [0.5, 0.6) is 0 Å². The lowest BCUT2D eigenvalue weighted by Crippen LogP contribution is -2.53. The molecule has 35 heavy (non-hydrogen) atoms. The molecule has 10 heteroatoms. The number of carboxylic acid groups (broad SMARTS) is 1. The van der Waals surface area contributed by atoms with Crippen molar-refractivity contribution in [1.29, 1.82) is 0 Å². The first kappa shape index (κ1) is 23.8. The number of hydrogen-bond acceptors (Lipinski definition) is 4. The van der Waals surface area contributed by atoms with Crippen LogP contribution >= 0.6 is 0 Å². The zero-order valence-electron chi connectivity index (χ0n) is 18.0. The van der Waals surface area contributed by atoms with Gasteiger partial charge >= 0.3 is 18.2 Å². The third kappa shape index (κ3) is 5.11. The molecule has 3 N–H and O–H groups in total. The van der Waals surface area contributed by atoms with Gasteiger partial charge in [-0.2, -0.15) is 13.2 Å². The summed E-state index contributed by atoms with van der Waals surface area (Å²) in [5.74, 6) is -3.27. The molecule has 1 aliphatic carbocycles. The number of rotatable bonds is 6. The van der Waals surface area contributed by atoms with E-state index in [0.717, 1.165) is 28.3 Å². The van der Waals surface area contributed by atoms with Gasteiger partial charge in [0, 0.05) is 11.6 Å². The molecule has 1 unspecified atom stereocenters. The number of halogens is 3. The second kappa shape index (κ2) is 9.49. The van der Waals surface area contributed by atoms with Crippen molar-refractivity contribution >= 4 is 23.7 Å². The molecule has 0 radical (unpaired) electrons. The Labute approximate surface area is 197 Å². The molecular weight excluding hydrogens is 465 g/mol. The molecule has 3 aromatic rings. The molecule has 1 aliphatic rings. The molecule has 1 atom stereocenters. The number of aromatic carboxylic acids is 1. The lowest BCUT2D eigenvalue weighted by atomic mass is 9.98. The van der Waals surface area contributed by atoms with Crippen molar-refractivity contribution in [3.8, 4) is 11.1 Å². The van der Waals surface area contributed by atoms with Gasteiger partial charge in [-0.3, -0.25) is 4.79 Å². The maximum absolute atomic E-state index is 13.6. The zero-order chi connectivity index (χ0) is 25.2. The van der Waals surface area contributed by atoms with Crippen molar-refractivity contribution in [2.45, 2.75) is 18.1 Å². The third-order valence-electron chi connectivity index (χ3n) is 5.57. The normalized spacial score (nSPS) is 13.3. The fourth-order valence-corrected chi connectivity index (χ4v) is 4.00. The van der Waals surface area contributed by atoms with Gasteiger partial charge in [0.25, 0.3) is 5.91 Å². The number of amides is 2. The number of carbonyl (C=O) groups excluding carboxylic acids is 2. The predicted octanol–water partition coefficient (Wildman–Crippen LogP) is 4.79. The number of alkyl carbamates (subject to hydrolysis) is 1. The number of alkyl halides is 3. The van der Waals surface area contributed by atoms with Crippen molar-refractivity contribution in [3.05, 3.63) is 89.5 Å². The van der Waals surface area contributed by atoms with Gasteiger partial charge < -0.3 is 20.5 Å². The Balaban J connectivity index is 1.45. The van der Waals surface area contributed by atoms with E-state index in [1.807, 2.05) is 53.8 Å². The Bertz CT molecular complexity index is 1250. The van der Waals surface area contributed by atoms with Crippen LogP contribution in [0.25, 0.3) is 11.1 Å². The molecule has 0 bridgehead atoms. The molecule has 0 aromatic heterocycles. The monoisotopic (exact) mass is 484 g/mol. The number of anilines is 1. The van der Waals surface area contributed by atoms with Crippen LogP contribution in [0.1, 0.15) is 27.4 Å². The Morgan fingerprint density at radius 3 is 2.09 bits per heavy atom. The number of carbonyl (C=O) groups is 3. The Morgan fingerprint density at radius 1 is 0.914 bits per heavy atom. The summed E-state index contributed by atoms with van der Waals surface area (Å²) in [7, 11) is 0. The highest BCUT2D eigenvalue weighted by molar-refractivity contribution is 5.98. The van der Waals surface area contributed by atoms with Crippen LogP contribution in [0.2, 0.25) is 0 Å². The van der Waals surface area contributed by atoms with E-state index in [1.54, 1.807) is 5.32 Å². The molecule has 7 nitrogen and oxygen atoms in total. The summed E-state index contributed by atoms with van der Waals surface area (Å²) in [6.07, 6.45) is -6.54. The van der Waals surface area contributed by atoms with Gasteiger partial charge in [-0.1, -0.05) is 54.6 Å². The second-order valence-corrected chi connectivity index (χ2v) is 7.82.